The summed E-state index contributed by atoms with van der Waals surface area (Å²) in [7, 11) is 0. The molecule has 6 heteroatoms. The summed E-state index contributed by atoms with van der Waals surface area (Å²) < 4.78 is 0. The number of hydrogen-bond acceptors (Lipinski definition) is 6. The molecule has 2 fully saturated rings. The van der Waals surface area contributed by atoms with Crippen molar-refractivity contribution in [2.45, 2.75) is 25.9 Å². The molecule has 2 atom stereocenters. The number of benzene rings is 2. The molecule has 2 aliphatic rings. The fourth-order valence-electron chi connectivity index (χ4n) is 5.27. The summed E-state index contributed by atoms with van der Waals surface area (Å²) in [4.78, 5) is 9.43. The topological polar surface area (TPSA) is 67.2 Å². The van der Waals surface area contributed by atoms with Crippen LogP contribution in [0.4, 0.5) is 11.4 Å². The van der Waals surface area contributed by atoms with E-state index < -0.39 is 0 Å². The fraction of sp³-hybridized carbons (Fsp3) is 0.407. The summed E-state index contributed by atoms with van der Waals surface area (Å²) in [6, 6.07) is 19.7. The van der Waals surface area contributed by atoms with Gasteiger partial charge in [-0.3, -0.25) is 4.98 Å². The molecular formula is C27H32N6. The lowest BCUT2D eigenvalue weighted by Crippen LogP contribution is -2.48. The quantitative estimate of drug-likeness (QED) is 0.633. The Morgan fingerprint density at radius 2 is 1.97 bits per heavy atom. The van der Waals surface area contributed by atoms with Gasteiger partial charge in [0.05, 0.1) is 11.1 Å². The molecule has 6 nitrogen and oxygen atoms in total. The van der Waals surface area contributed by atoms with Crippen molar-refractivity contribution in [3.8, 4) is 6.07 Å². The molecule has 0 spiro atoms. The third-order valence-corrected chi connectivity index (χ3v) is 6.86. The lowest BCUT2D eigenvalue weighted by molar-refractivity contribution is 0.350. The van der Waals surface area contributed by atoms with Crippen LogP contribution in [0.25, 0.3) is 10.9 Å². The lowest BCUT2D eigenvalue weighted by atomic mass is 9.94. The average molecular weight is 441 g/mol. The molecule has 0 radical (unpaired) electrons. The first-order valence-corrected chi connectivity index (χ1v) is 12.0. The van der Waals surface area contributed by atoms with E-state index in [4.69, 9.17) is 0 Å². The zero-order valence-electron chi connectivity index (χ0n) is 19.3. The zero-order chi connectivity index (χ0) is 22.6. The van der Waals surface area contributed by atoms with Crippen LogP contribution in [-0.2, 0) is 6.54 Å². The molecule has 170 valence electrons. The van der Waals surface area contributed by atoms with E-state index in [9.17, 15) is 5.26 Å². The van der Waals surface area contributed by atoms with Crippen LogP contribution in [-0.4, -0.2) is 50.3 Å². The van der Waals surface area contributed by atoms with Crippen molar-refractivity contribution in [3.05, 3.63) is 65.9 Å². The Balaban J connectivity index is 1.30. The highest BCUT2D eigenvalue weighted by atomic mass is 15.2. The van der Waals surface area contributed by atoms with Gasteiger partial charge in [-0.2, -0.15) is 5.26 Å². The van der Waals surface area contributed by atoms with Crippen LogP contribution in [0.2, 0.25) is 0 Å². The number of piperazine rings is 1. The third-order valence-electron chi connectivity index (χ3n) is 6.86. The molecule has 3 heterocycles. The predicted octanol–water partition coefficient (Wildman–Crippen LogP) is 3.52. The van der Waals surface area contributed by atoms with Crippen molar-refractivity contribution < 1.29 is 0 Å². The van der Waals surface area contributed by atoms with Gasteiger partial charge in [0.2, 0.25) is 0 Å². The molecule has 0 amide bonds. The Morgan fingerprint density at radius 3 is 2.82 bits per heavy atom. The number of nitrogens with zero attached hydrogens (tertiary/aromatic N) is 4. The fourth-order valence-corrected chi connectivity index (χ4v) is 5.27. The SMILES string of the molecule is CC1CC(NCc2cccc(N3CCNCC3)c2)CN(c2ccc(C#N)c3ncccc23)C1. The molecule has 2 saturated heterocycles. The summed E-state index contributed by atoms with van der Waals surface area (Å²) in [5.41, 5.74) is 5.27. The van der Waals surface area contributed by atoms with Crippen molar-refractivity contribution in [2.75, 3.05) is 49.1 Å². The molecule has 33 heavy (non-hydrogen) atoms. The molecular weight excluding hydrogens is 408 g/mol. The van der Waals surface area contributed by atoms with E-state index in [2.05, 4.69) is 74.8 Å². The Bertz CT molecular complexity index is 1150. The molecule has 2 aliphatic heterocycles. The Hall–Kier alpha value is -3.14. The van der Waals surface area contributed by atoms with E-state index in [0.29, 0.717) is 17.5 Å². The van der Waals surface area contributed by atoms with Gasteiger partial charge in [0.1, 0.15) is 6.07 Å². The van der Waals surface area contributed by atoms with Crippen LogP contribution in [0.5, 0.6) is 0 Å². The molecule has 2 unspecified atom stereocenters. The van der Waals surface area contributed by atoms with Crippen LogP contribution in [0, 0.1) is 17.2 Å². The lowest BCUT2D eigenvalue weighted by Gasteiger charge is -2.39. The largest absolute Gasteiger partial charge is 0.369 e. The monoisotopic (exact) mass is 440 g/mol. The van der Waals surface area contributed by atoms with Crippen molar-refractivity contribution in [3.63, 3.8) is 0 Å². The number of nitrogens with one attached hydrogen (secondary N) is 2. The number of aromatic nitrogens is 1. The first-order valence-electron chi connectivity index (χ1n) is 12.0. The van der Waals surface area contributed by atoms with Crippen molar-refractivity contribution >= 4 is 22.3 Å². The van der Waals surface area contributed by atoms with Gasteiger partial charge in [0.15, 0.2) is 0 Å². The summed E-state index contributed by atoms with van der Waals surface area (Å²) in [6.07, 6.45) is 2.94. The molecule has 3 aromatic rings. The number of hydrogen-bond donors (Lipinski definition) is 2. The Kier molecular flexibility index (Phi) is 6.43. The summed E-state index contributed by atoms with van der Waals surface area (Å²) in [6.45, 7) is 9.43. The zero-order valence-corrected chi connectivity index (χ0v) is 19.3. The van der Waals surface area contributed by atoms with E-state index >= 15 is 0 Å². The first-order chi connectivity index (χ1) is 16.2. The van der Waals surface area contributed by atoms with Crippen molar-refractivity contribution in [2.24, 2.45) is 5.92 Å². The minimum atomic E-state index is 0.416. The number of fused-ring (bicyclic) bond motifs is 1. The minimum Gasteiger partial charge on any atom is -0.369 e. The maximum atomic E-state index is 9.48. The summed E-state index contributed by atoms with van der Waals surface area (Å²) in [5.74, 6) is 0.589. The van der Waals surface area contributed by atoms with Gasteiger partial charge in [-0.25, -0.2) is 0 Å². The molecule has 0 aliphatic carbocycles. The highest BCUT2D eigenvalue weighted by molar-refractivity contribution is 5.95. The number of nitriles is 1. The van der Waals surface area contributed by atoms with Crippen LogP contribution >= 0.6 is 0 Å². The highest BCUT2D eigenvalue weighted by Crippen LogP contribution is 2.31. The van der Waals surface area contributed by atoms with Gasteiger partial charge in [-0.1, -0.05) is 19.1 Å². The van der Waals surface area contributed by atoms with Gasteiger partial charge in [0, 0.05) is 74.8 Å². The maximum absolute atomic E-state index is 9.48. The smallest absolute Gasteiger partial charge is 0.101 e. The van der Waals surface area contributed by atoms with Gasteiger partial charge < -0.3 is 20.4 Å². The average Bonchev–Trinajstić information content (AvgIpc) is 2.87. The summed E-state index contributed by atoms with van der Waals surface area (Å²) in [5, 5.41) is 17.8. The van der Waals surface area contributed by atoms with E-state index in [-0.39, 0.29) is 0 Å². The molecule has 0 saturated carbocycles. The number of anilines is 2. The third kappa shape index (κ3) is 4.80. The number of piperidine rings is 1. The standard InChI is InChI=1S/C27H32N6/c1-20-14-23(31-17-21-4-2-5-24(15-21)32-12-10-29-11-13-32)19-33(18-20)26-8-7-22(16-28)27-25(26)6-3-9-30-27/h2-9,15,20,23,29,31H,10-14,17-19H2,1H3. The van der Waals surface area contributed by atoms with Crippen molar-refractivity contribution in [1.29, 1.82) is 5.26 Å². The second-order valence-corrected chi connectivity index (χ2v) is 9.37. The van der Waals surface area contributed by atoms with Crippen molar-refractivity contribution in [1.82, 2.24) is 15.6 Å². The van der Waals surface area contributed by atoms with E-state index in [1.54, 1.807) is 6.20 Å². The number of rotatable bonds is 5. The van der Waals surface area contributed by atoms with Gasteiger partial charge in [-0.05, 0) is 54.3 Å². The minimum absolute atomic E-state index is 0.416. The van der Waals surface area contributed by atoms with Gasteiger partial charge >= 0.3 is 0 Å². The van der Waals surface area contributed by atoms with Gasteiger partial charge in [-0.15, -0.1) is 0 Å². The van der Waals surface area contributed by atoms with Crippen LogP contribution < -0.4 is 20.4 Å². The maximum Gasteiger partial charge on any atom is 0.101 e. The van der Waals surface area contributed by atoms with E-state index in [1.807, 2.05) is 12.1 Å². The normalized spacial score (nSPS) is 21.2. The van der Waals surface area contributed by atoms with Crippen LogP contribution in [0.1, 0.15) is 24.5 Å². The Morgan fingerprint density at radius 1 is 1.09 bits per heavy atom. The highest BCUT2D eigenvalue weighted by Gasteiger charge is 2.26. The molecule has 0 bridgehead atoms. The second-order valence-electron chi connectivity index (χ2n) is 9.37. The Labute approximate surface area is 196 Å². The molecule has 2 N–H and O–H groups in total. The first kappa shape index (κ1) is 21.7. The predicted molar refractivity (Wildman–Crippen MR) is 135 cm³/mol. The second kappa shape index (κ2) is 9.78. The molecule has 5 rings (SSSR count). The van der Waals surface area contributed by atoms with Crippen LogP contribution in [0.3, 0.4) is 0 Å². The summed E-state index contributed by atoms with van der Waals surface area (Å²) >= 11 is 0. The molecule has 2 aromatic carbocycles. The van der Waals surface area contributed by atoms with Gasteiger partial charge in [0.25, 0.3) is 0 Å². The van der Waals surface area contributed by atoms with E-state index in [0.717, 1.165) is 56.7 Å². The van der Waals surface area contributed by atoms with Crippen LogP contribution in [0.15, 0.2) is 54.7 Å². The van der Waals surface area contributed by atoms with E-state index in [1.165, 1.54) is 23.4 Å². The number of pyridine rings is 1. The molecule has 1 aromatic heterocycles.